The summed E-state index contributed by atoms with van der Waals surface area (Å²) >= 11 is 0. The second-order valence-electron chi connectivity index (χ2n) is 6.82. The lowest BCUT2D eigenvalue weighted by Crippen LogP contribution is -2.47. The van der Waals surface area contributed by atoms with Crippen LogP contribution in [0.5, 0.6) is 0 Å². The second kappa shape index (κ2) is 8.94. The van der Waals surface area contributed by atoms with Crippen LogP contribution in [-0.2, 0) is 16.1 Å². The molecule has 1 heterocycles. The lowest BCUT2D eigenvalue weighted by molar-refractivity contribution is -0.143. The molecule has 0 spiro atoms. The summed E-state index contributed by atoms with van der Waals surface area (Å²) in [6.07, 6.45) is 0.917. The molecule has 2 amide bonds. The fourth-order valence-corrected chi connectivity index (χ4v) is 3.10. The Labute approximate surface area is 149 Å². The van der Waals surface area contributed by atoms with Crippen LogP contribution in [0.1, 0.15) is 25.3 Å². The molecule has 1 aromatic carbocycles. The summed E-state index contributed by atoms with van der Waals surface area (Å²) < 4.78 is 13.9. The van der Waals surface area contributed by atoms with E-state index in [2.05, 4.69) is 0 Å². The van der Waals surface area contributed by atoms with Gasteiger partial charge in [0.05, 0.1) is 5.92 Å². The second-order valence-corrected chi connectivity index (χ2v) is 6.82. The van der Waals surface area contributed by atoms with Gasteiger partial charge in [0.1, 0.15) is 5.82 Å². The fraction of sp³-hybridized carbons (Fsp3) is 0.579. The quantitative estimate of drug-likeness (QED) is 0.756. The van der Waals surface area contributed by atoms with E-state index >= 15 is 0 Å². The highest BCUT2D eigenvalue weighted by Gasteiger charge is 2.32. The summed E-state index contributed by atoms with van der Waals surface area (Å²) in [6, 6.07) is 6.47. The third-order valence-electron chi connectivity index (χ3n) is 4.68. The van der Waals surface area contributed by atoms with Gasteiger partial charge in [0, 0.05) is 44.7 Å². The van der Waals surface area contributed by atoms with Crippen LogP contribution in [0.2, 0.25) is 0 Å². The van der Waals surface area contributed by atoms with E-state index in [0.717, 1.165) is 6.54 Å². The summed E-state index contributed by atoms with van der Waals surface area (Å²) in [6.45, 7) is 4.71. The van der Waals surface area contributed by atoms with Crippen LogP contribution in [0, 0.1) is 11.7 Å². The smallest absolute Gasteiger partial charge is 0.227 e. The number of carbonyl (C=O) groups excluding carboxylic acids is 2. The van der Waals surface area contributed by atoms with Crippen molar-refractivity contribution >= 4 is 11.8 Å². The lowest BCUT2D eigenvalue weighted by Gasteiger charge is -2.35. The SMILES string of the molecule is CCN(CCN(C)C)C(=O)[C@H]1CCC(=O)N(Cc2ccccc2F)C1. The van der Waals surface area contributed by atoms with E-state index in [9.17, 15) is 14.0 Å². The first-order valence-corrected chi connectivity index (χ1v) is 8.87. The number of rotatable bonds is 7. The first kappa shape index (κ1) is 19.4. The van der Waals surface area contributed by atoms with Gasteiger partial charge in [0.15, 0.2) is 0 Å². The minimum absolute atomic E-state index is 0.0105. The predicted octanol–water partition coefficient (Wildman–Crippen LogP) is 1.97. The van der Waals surface area contributed by atoms with Crippen LogP contribution in [0.25, 0.3) is 0 Å². The maximum absolute atomic E-state index is 13.9. The average molecular weight is 349 g/mol. The minimum Gasteiger partial charge on any atom is -0.341 e. The number of piperidine rings is 1. The number of likely N-dealkylation sites (N-methyl/N-ethyl adjacent to an activating group) is 2. The van der Waals surface area contributed by atoms with E-state index < -0.39 is 0 Å². The molecule has 0 unspecified atom stereocenters. The van der Waals surface area contributed by atoms with Gasteiger partial charge in [-0.05, 0) is 33.5 Å². The van der Waals surface area contributed by atoms with Crippen molar-refractivity contribution < 1.29 is 14.0 Å². The summed E-state index contributed by atoms with van der Waals surface area (Å²) in [5, 5.41) is 0. The van der Waals surface area contributed by atoms with E-state index in [1.54, 1.807) is 23.1 Å². The van der Waals surface area contributed by atoms with Crippen LogP contribution in [0.3, 0.4) is 0 Å². The van der Waals surface area contributed by atoms with E-state index in [1.165, 1.54) is 6.07 Å². The summed E-state index contributed by atoms with van der Waals surface area (Å²) in [5.41, 5.74) is 0.490. The Balaban J connectivity index is 2.02. The van der Waals surface area contributed by atoms with Crippen molar-refractivity contribution in [1.29, 1.82) is 0 Å². The maximum Gasteiger partial charge on any atom is 0.227 e. The molecule has 1 saturated heterocycles. The number of hydrogen-bond acceptors (Lipinski definition) is 3. The highest BCUT2D eigenvalue weighted by molar-refractivity contribution is 5.83. The third-order valence-corrected chi connectivity index (χ3v) is 4.68. The zero-order chi connectivity index (χ0) is 18.4. The predicted molar refractivity (Wildman–Crippen MR) is 95.3 cm³/mol. The molecule has 2 rings (SSSR count). The topological polar surface area (TPSA) is 43.9 Å². The summed E-state index contributed by atoms with van der Waals surface area (Å²) in [4.78, 5) is 30.5. The average Bonchev–Trinajstić information content (AvgIpc) is 2.59. The van der Waals surface area contributed by atoms with Crippen molar-refractivity contribution in [3.8, 4) is 0 Å². The molecule has 138 valence electrons. The normalized spacial score (nSPS) is 17.9. The first-order chi connectivity index (χ1) is 11.9. The Morgan fingerprint density at radius 3 is 2.64 bits per heavy atom. The molecule has 1 fully saturated rings. The van der Waals surface area contributed by atoms with Crippen molar-refractivity contribution in [1.82, 2.24) is 14.7 Å². The molecular weight excluding hydrogens is 321 g/mol. The molecule has 0 radical (unpaired) electrons. The molecule has 5 nitrogen and oxygen atoms in total. The van der Waals surface area contributed by atoms with E-state index in [4.69, 9.17) is 0 Å². The monoisotopic (exact) mass is 349 g/mol. The Morgan fingerprint density at radius 1 is 1.28 bits per heavy atom. The largest absolute Gasteiger partial charge is 0.341 e. The van der Waals surface area contributed by atoms with Gasteiger partial charge < -0.3 is 14.7 Å². The first-order valence-electron chi connectivity index (χ1n) is 8.87. The highest BCUT2D eigenvalue weighted by Crippen LogP contribution is 2.22. The molecule has 0 aromatic heterocycles. The highest BCUT2D eigenvalue weighted by atomic mass is 19.1. The number of hydrogen-bond donors (Lipinski definition) is 0. The number of amides is 2. The van der Waals surface area contributed by atoms with Crippen LogP contribution in [-0.4, -0.2) is 66.8 Å². The molecule has 0 N–H and O–H groups in total. The lowest BCUT2D eigenvalue weighted by atomic mass is 9.95. The van der Waals surface area contributed by atoms with Crippen LogP contribution < -0.4 is 0 Å². The number of halogens is 1. The molecule has 0 saturated carbocycles. The molecular formula is C19H28FN3O2. The Hall–Kier alpha value is -1.95. The van der Waals surface area contributed by atoms with Gasteiger partial charge in [-0.25, -0.2) is 4.39 Å². The molecule has 0 bridgehead atoms. The van der Waals surface area contributed by atoms with Crippen LogP contribution >= 0.6 is 0 Å². The van der Waals surface area contributed by atoms with Crippen LogP contribution in [0.4, 0.5) is 4.39 Å². The molecule has 1 atom stereocenters. The summed E-state index contributed by atoms with van der Waals surface area (Å²) in [7, 11) is 3.96. The van der Waals surface area contributed by atoms with E-state index in [1.807, 2.05) is 30.8 Å². The Morgan fingerprint density at radius 2 is 2.00 bits per heavy atom. The molecule has 25 heavy (non-hydrogen) atoms. The van der Waals surface area contributed by atoms with E-state index in [0.29, 0.717) is 38.0 Å². The molecule has 1 aliphatic heterocycles. The standard InChI is InChI=1S/C19H28FN3O2/c1-4-22(12-11-21(2)3)19(25)16-9-10-18(24)23(14-16)13-15-7-5-6-8-17(15)20/h5-8,16H,4,9-14H2,1-3H3/t16-/m0/s1. The van der Waals surface area contributed by atoms with E-state index in [-0.39, 0.29) is 30.1 Å². The van der Waals surface area contributed by atoms with Gasteiger partial charge in [-0.15, -0.1) is 0 Å². The zero-order valence-electron chi connectivity index (χ0n) is 15.4. The molecule has 6 heteroatoms. The number of nitrogens with zero attached hydrogens (tertiary/aromatic N) is 3. The van der Waals surface area contributed by atoms with Crippen molar-refractivity contribution in [2.75, 3.05) is 40.3 Å². The van der Waals surface area contributed by atoms with Crippen molar-refractivity contribution in [2.24, 2.45) is 5.92 Å². The molecule has 0 aliphatic carbocycles. The van der Waals surface area contributed by atoms with Crippen molar-refractivity contribution in [2.45, 2.75) is 26.3 Å². The van der Waals surface area contributed by atoms with Gasteiger partial charge in [-0.3, -0.25) is 9.59 Å². The molecule has 1 aromatic rings. The number of likely N-dealkylation sites (tertiary alicyclic amines) is 1. The minimum atomic E-state index is -0.315. The zero-order valence-corrected chi connectivity index (χ0v) is 15.4. The number of carbonyl (C=O) groups is 2. The van der Waals surface area contributed by atoms with Gasteiger partial charge >= 0.3 is 0 Å². The Bertz CT molecular complexity index is 606. The van der Waals surface area contributed by atoms with Crippen molar-refractivity contribution in [3.05, 3.63) is 35.6 Å². The Kier molecular flexibility index (Phi) is 6.93. The number of benzene rings is 1. The van der Waals surface area contributed by atoms with Gasteiger partial charge in [-0.1, -0.05) is 18.2 Å². The van der Waals surface area contributed by atoms with Gasteiger partial charge in [-0.2, -0.15) is 0 Å². The summed E-state index contributed by atoms with van der Waals surface area (Å²) in [5.74, 6) is -0.435. The molecule has 1 aliphatic rings. The van der Waals surface area contributed by atoms with Gasteiger partial charge in [0.2, 0.25) is 11.8 Å². The fourth-order valence-electron chi connectivity index (χ4n) is 3.10. The van der Waals surface area contributed by atoms with Crippen molar-refractivity contribution in [3.63, 3.8) is 0 Å². The third kappa shape index (κ3) is 5.26. The van der Waals surface area contributed by atoms with Crippen LogP contribution in [0.15, 0.2) is 24.3 Å². The maximum atomic E-state index is 13.9. The van der Waals surface area contributed by atoms with Gasteiger partial charge in [0.25, 0.3) is 0 Å².